The second kappa shape index (κ2) is 8.26. The first kappa shape index (κ1) is 15.2. The van der Waals surface area contributed by atoms with Gasteiger partial charge in [0.15, 0.2) is 0 Å². The summed E-state index contributed by atoms with van der Waals surface area (Å²) < 4.78 is 0. The SMILES string of the molecule is NCCCCCC(=O)NCc1cccc(C(N)=O)c1. The summed E-state index contributed by atoms with van der Waals surface area (Å²) in [6, 6.07) is 6.95. The van der Waals surface area contributed by atoms with E-state index in [1.165, 1.54) is 0 Å². The van der Waals surface area contributed by atoms with E-state index in [9.17, 15) is 9.59 Å². The van der Waals surface area contributed by atoms with Gasteiger partial charge in [-0.2, -0.15) is 0 Å². The number of primary amides is 1. The van der Waals surface area contributed by atoms with Crippen molar-refractivity contribution in [1.82, 2.24) is 5.32 Å². The number of rotatable bonds is 8. The number of hydrogen-bond donors (Lipinski definition) is 3. The maximum atomic E-state index is 11.6. The minimum absolute atomic E-state index is 0.0153. The predicted octanol–water partition coefficient (Wildman–Crippen LogP) is 0.921. The summed E-state index contributed by atoms with van der Waals surface area (Å²) in [6.45, 7) is 1.08. The van der Waals surface area contributed by atoms with Crippen LogP contribution in [0.15, 0.2) is 24.3 Å². The lowest BCUT2D eigenvalue weighted by Gasteiger charge is -2.06. The number of carbonyl (C=O) groups is 2. The third-order valence-corrected chi connectivity index (χ3v) is 2.81. The topological polar surface area (TPSA) is 98.2 Å². The summed E-state index contributed by atoms with van der Waals surface area (Å²) in [7, 11) is 0. The van der Waals surface area contributed by atoms with E-state index in [1.54, 1.807) is 18.2 Å². The van der Waals surface area contributed by atoms with Crippen LogP contribution in [0.3, 0.4) is 0 Å². The molecule has 5 nitrogen and oxygen atoms in total. The summed E-state index contributed by atoms with van der Waals surface area (Å²) >= 11 is 0. The highest BCUT2D eigenvalue weighted by molar-refractivity contribution is 5.92. The first-order valence-electron chi connectivity index (χ1n) is 6.49. The highest BCUT2D eigenvalue weighted by atomic mass is 16.1. The molecule has 0 bridgehead atoms. The van der Waals surface area contributed by atoms with E-state index in [4.69, 9.17) is 11.5 Å². The van der Waals surface area contributed by atoms with Gasteiger partial charge in [-0.1, -0.05) is 18.6 Å². The lowest BCUT2D eigenvalue weighted by molar-refractivity contribution is -0.121. The molecule has 19 heavy (non-hydrogen) atoms. The molecule has 0 aliphatic carbocycles. The van der Waals surface area contributed by atoms with Crippen LogP contribution in [0.4, 0.5) is 0 Å². The van der Waals surface area contributed by atoms with Crippen LogP contribution in [0.25, 0.3) is 0 Å². The fraction of sp³-hybridized carbons (Fsp3) is 0.429. The molecule has 0 heterocycles. The zero-order chi connectivity index (χ0) is 14.1. The highest BCUT2D eigenvalue weighted by Gasteiger charge is 2.03. The minimum atomic E-state index is -0.463. The van der Waals surface area contributed by atoms with Crippen molar-refractivity contribution in [2.75, 3.05) is 6.54 Å². The van der Waals surface area contributed by atoms with Crippen LogP contribution in [0, 0.1) is 0 Å². The van der Waals surface area contributed by atoms with Crippen LogP contribution in [0.2, 0.25) is 0 Å². The van der Waals surface area contributed by atoms with Crippen LogP contribution in [-0.4, -0.2) is 18.4 Å². The Bertz CT molecular complexity index is 432. The third-order valence-electron chi connectivity index (χ3n) is 2.81. The lowest BCUT2D eigenvalue weighted by atomic mass is 10.1. The van der Waals surface area contributed by atoms with E-state index in [1.807, 2.05) is 6.07 Å². The number of unbranched alkanes of at least 4 members (excludes halogenated alkanes) is 2. The zero-order valence-electron chi connectivity index (χ0n) is 11.0. The van der Waals surface area contributed by atoms with E-state index in [2.05, 4.69) is 5.32 Å². The van der Waals surface area contributed by atoms with Crippen LogP contribution < -0.4 is 16.8 Å². The van der Waals surface area contributed by atoms with Crippen molar-refractivity contribution >= 4 is 11.8 Å². The van der Waals surface area contributed by atoms with Gasteiger partial charge in [-0.15, -0.1) is 0 Å². The number of nitrogens with two attached hydrogens (primary N) is 2. The maximum absolute atomic E-state index is 11.6. The number of nitrogens with one attached hydrogen (secondary N) is 1. The number of benzene rings is 1. The smallest absolute Gasteiger partial charge is 0.248 e. The molecule has 0 aliphatic rings. The molecule has 0 fully saturated rings. The summed E-state index contributed by atoms with van der Waals surface area (Å²) in [5.41, 5.74) is 11.9. The third kappa shape index (κ3) is 6.01. The van der Waals surface area contributed by atoms with Gasteiger partial charge in [-0.05, 0) is 37.1 Å². The highest BCUT2D eigenvalue weighted by Crippen LogP contribution is 2.05. The molecule has 104 valence electrons. The van der Waals surface area contributed by atoms with Crippen LogP contribution in [-0.2, 0) is 11.3 Å². The van der Waals surface area contributed by atoms with E-state index in [0.717, 1.165) is 24.8 Å². The van der Waals surface area contributed by atoms with E-state index < -0.39 is 5.91 Å². The van der Waals surface area contributed by atoms with Gasteiger partial charge in [0.2, 0.25) is 11.8 Å². The summed E-state index contributed by atoms with van der Waals surface area (Å²) in [4.78, 5) is 22.6. The van der Waals surface area contributed by atoms with Gasteiger partial charge in [0, 0.05) is 18.5 Å². The van der Waals surface area contributed by atoms with E-state index in [0.29, 0.717) is 25.1 Å². The van der Waals surface area contributed by atoms with Gasteiger partial charge in [0.25, 0.3) is 0 Å². The van der Waals surface area contributed by atoms with Gasteiger partial charge in [-0.3, -0.25) is 9.59 Å². The van der Waals surface area contributed by atoms with E-state index >= 15 is 0 Å². The second-order valence-electron chi connectivity index (χ2n) is 4.44. The molecule has 1 aromatic rings. The lowest BCUT2D eigenvalue weighted by Crippen LogP contribution is -2.22. The fourth-order valence-electron chi connectivity index (χ4n) is 1.73. The quantitative estimate of drug-likeness (QED) is 0.608. The molecular weight excluding hydrogens is 242 g/mol. The van der Waals surface area contributed by atoms with Gasteiger partial charge < -0.3 is 16.8 Å². The van der Waals surface area contributed by atoms with E-state index in [-0.39, 0.29) is 5.91 Å². The Morgan fingerprint density at radius 3 is 2.63 bits per heavy atom. The van der Waals surface area contributed by atoms with Crippen molar-refractivity contribution in [2.24, 2.45) is 11.5 Å². The number of amides is 2. The molecule has 0 aliphatic heterocycles. The normalized spacial score (nSPS) is 10.2. The summed E-state index contributed by atoms with van der Waals surface area (Å²) in [5.74, 6) is -0.448. The maximum Gasteiger partial charge on any atom is 0.248 e. The van der Waals surface area contributed by atoms with Gasteiger partial charge in [-0.25, -0.2) is 0 Å². The van der Waals surface area contributed by atoms with Gasteiger partial charge in [0.05, 0.1) is 0 Å². The molecule has 5 N–H and O–H groups in total. The Morgan fingerprint density at radius 1 is 1.16 bits per heavy atom. The zero-order valence-corrected chi connectivity index (χ0v) is 11.0. The second-order valence-corrected chi connectivity index (χ2v) is 4.44. The van der Waals surface area contributed by atoms with Crippen LogP contribution in [0.5, 0.6) is 0 Å². The van der Waals surface area contributed by atoms with Crippen molar-refractivity contribution < 1.29 is 9.59 Å². The molecule has 0 saturated carbocycles. The molecule has 1 aromatic carbocycles. The average Bonchev–Trinajstić information content (AvgIpc) is 2.41. The van der Waals surface area contributed by atoms with Crippen molar-refractivity contribution in [3.05, 3.63) is 35.4 Å². The van der Waals surface area contributed by atoms with Crippen LogP contribution in [0.1, 0.15) is 41.6 Å². The molecule has 0 aromatic heterocycles. The number of carbonyl (C=O) groups excluding carboxylic acids is 2. The Labute approximate surface area is 113 Å². The predicted molar refractivity (Wildman–Crippen MR) is 74.3 cm³/mol. The van der Waals surface area contributed by atoms with Crippen molar-refractivity contribution in [1.29, 1.82) is 0 Å². The fourth-order valence-corrected chi connectivity index (χ4v) is 1.73. The Hall–Kier alpha value is -1.88. The Kier molecular flexibility index (Phi) is 6.60. The molecule has 0 unspecified atom stereocenters. The summed E-state index contributed by atoms with van der Waals surface area (Å²) in [5, 5.41) is 2.82. The molecule has 2 amide bonds. The Balaban J connectivity index is 2.33. The molecular formula is C14H21N3O2. The standard InChI is InChI=1S/C14H21N3O2/c15-8-3-1-2-7-13(18)17-10-11-5-4-6-12(9-11)14(16)19/h4-6,9H,1-3,7-8,10,15H2,(H2,16,19)(H,17,18). The minimum Gasteiger partial charge on any atom is -0.366 e. The molecule has 0 saturated heterocycles. The van der Waals surface area contributed by atoms with Gasteiger partial charge >= 0.3 is 0 Å². The average molecular weight is 263 g/mol. The van der Waals surface area contributed by atoms with Crippen LogP contribution >= 0.6 is 0 Å². The molecule has 1 rings (SSSR count). The van der Waals surface area contributed by atoms with Gasteiger partial charge in [0.1, 0.15) is 0 Å². The van der Waals surface area contributed by atoms with Crippen molar-refractivity contribution in [3.8, 4) is 0 Å². The largest absolute Gasteiger partial charge is 0.366 e. The summed E-state index contributed by atoms with van der Waals surface area (Å²) in [6.07, 6.45) is 3.29. The first-order valence-corrected chi connectivity index (χ1v) is 6.49. The monoisotopic (exact) mass is 263 g/mol. The van der Waals surface area contributed by atoms with Crippen molar-refractivity contribution in [3.63, 3.8) is 0 Å². The number of hydrogen-bond acceptors (Lipinski definition) is 3. The molecule has 5 heteroatoms. The molecule has 0 spiro atoms. The Morgan fingerprint density at radius 2 is 1.95 bits per heavy atom. The molecule has 0 radical (unpaired) electrons. The molecule has 0 atom stereocenters. The first-order chi connectivity index (χ1) is 9.13. The van der Waals surface area contributed by atoms with Crippen molar-refractivity contribution in [2.45, 2.75) is 32.2 Å².